The molecule has 0 aliphatic heterocycles. The van der Waals surface area contributed by atoms with E-state index in [1.807, 2.05) is 25.1 Å². The van der Waals surface area contributed by atoms with E-state index < -0.39 is 8.32 Å². The van der Waals surface area contributed by atoms with Crippen molar-refractivity contribution in [3.8, 4) is 5.75 Å². The lowest BCUT2D eigenvalue weighted by atomic mass is 10.1. The highest BCUT2D eigenvalue weighted by Crippen LogP contribution is 2.38. The molecule has 0 aliphatic carbocycles. The molecule has 0 unspecified atom stereocenters. The molecule has 0 N–H and O–H groups in total. The summed E-state index contributed by atoms with van der Waals surface area (Å²) >= 11 is 0. The largest absolute Gasteiger partial charge is 0.543 e. The van der Waals surface area contributed by atoms with Gasteiger partial charge in [0, 0.05) is 0 Å². The van der Waals surface area contributed by atoms with Crippen molar-refractivity contribution in [1.29, 1.82) is 0 Å². The first-order valence-corrected chi connectivity index (χ1v) is 11.6. The SMILES string of the molecule is C=CCCCCOC(=O)c1ccc(O[Si](C)(C)C(C)(C)C)c(C)c1. The fourth-order valence-electron chi connectivity index (χ4n) is 1.96. The Bertz CT molecular complexity index is 571. The van der Waals surface area contributed by atoms with Crippen LogP contribution in [0.4, 0.5) is 0 Å². The van der Waals surface area contributed by atoms with Crippen molar-refractivity contribution in [3.05, 3.63) is 42.0 Å². The van der Waals surface area contributed by atoms with Crippen LogP contribution in [0.2, 0.25) is 18.1 Å². The van der Waals surface area contributed by atoms with E-state index in [1.165, 1.54) is 0 Å². The van der Waals surface area contributed by atoms with Crippen LogP contribution in [0, 0.1) is 6.92 Å². The van der Waals surface area contributed by atoms with Gasteiger partial charge in [0.2, 0.25) is 8.32 Å². The first-order valence-electron chi connectivity index (χ1n) is 8.66. The molecule has 0 spiro atoms. The normalized spacial score (nSPS) is 11.9. The molecule has 24 heavy (non-hydrogen) atoms. The Hall–Kier alpha value is -1.55. The molecule has 3 nitrogen and oxygen atoms in total. The first-order chi connectivity index (χ1) is 11.1. The number of esters is 1. The van der Waals surface area contributed by atoms with Crippen molar-refractivity contribution >= 4 is 14.3 Å². The summed E-state index contributed by atoms with van der Waals surface area (Å²) < 4.78 is 11.7. The molecule has 0 saturated carbocycles. The zero-order valence-electron chi connectivity index (χ0n) is 16.1. The lowest BCUT2D eigenvalue weighted by molar-refractivity contribution is 0.0498. The average Bonchev–Trinajstić information content (AvgIpc) is 2.47. The van der Waals surface area contributed by atoms with Gasteiger partial charge in [0.15, 0.2) is 0 Å². The molecule has 4 heteroatoms. The van der Waals surface area contributed by atoms with E-state index in [0.717, 1.165) is 30.6 Å². The highest BCUT2D eigenvalue weighted by molar-refractivity contribution is 6.74. The van der Waals surface area contributed by atoms with Crippen molar-refractivity contribution in [2.24, 2.45) is 0 Å². The molecular formula is C20H32O3Si. The number of aryl methyl sites for hydroxylation is 1. The van der Waals surface area contributed by atoms with Gasteiger partial charge in [0.25, 0.3) is 0 Å². The Morgan fingerprint density at radius 3 is 2.46 bits per heavy atom. The molecule has 0 amide bonds. The van der Waals surface area contributed by atoms with E-state index in [-0.39, 0.29) is 11.0 Å². The summed E-state index contributed by atoms with van der Waals surface area (Å²) in [6, 6.07) is 5.54. The molecule has 1 aromatic rings. The van der Waals surface area contributed by atoms with Gasteiger partial charge < -0.3 is 9.16 Å². The van der Waals surface area contributed by atoms with Crippen LogP contribution in [-0.2, 0) is 4.74 Å². The van der Waals surface area contributed by atoms with Gasteiger partial charge in [0.05, 0.1) is 12.2 Å². The maximum atomic E-state index is 12.1. The maximum absolute atomic E-state index is 12.1. The number of hydrogen-bond donors (Lipinski definition) is 0. The van der Waals surface area contributed by atoms with Crippen molar-refractivity contribution in [3.63, 3.8) is 0 Å². The summed E-state index contributed by atoms with van der Waals surface area (Å²) in [5, 5.41) is 0.141. The molecule has 0 radical (unpaired) electrons. The highest BCUT2D eigenvalue weighted by atomic mass is 28.4. The zero-order valence-corrected chi connectivity index (χ0v) is 17.1. The minimum Gasteiger partial charge on any atom is -0.543 e. The number of allylic oxidation sites excluding steroid dienone is 1. The summed E-state index contributed by atoms with van der Waals surface area (Å²) in [6.07, 6.45) is 4.70. The molecule has 0 heterocycles. The summed E-state index contributed by atoms with van der Waals surface area (Å²) in [6.45, 7) is 17.2. The molecule has 1 aromatic carbocycles. The Morgan fingerprint density at radius 1 is 1.25 bits per heavy atom. The van der Waals surface area contributed by atoms with Crippen molar-refractivity contribution in [2.75, 3.05) is 6.61 Å². The van der Waals surface area contributed by atoms with E-state index >= 15 is 0 Å². The molecule has 1 rings (SSSR count). The van der Waals surface area contributed by atoms with Gasteiger partial charge >= 0.3 is 5.97 Å². The minimum atomic E-state index is -1.88. The van der Waals surface area contributed by atoms with E-state index in [4.69, 9.17) is 9.16 Å². The molecule has 0 fully saturated rings. The van der Waals surface area contributed by atoms with Crippen LogP contribution < -0.4 is 4.43 Å². The number of unbranched alkanes of at least 4 members (excludes halogenated alkanes) is 2. The molecule has 0 bridgehead atoms. The average molecular weight is 349 g/mol. The summed E-state index contributed by atoms with van der Waals surface area (Å²) in [5.41, 5.74) is 1.56. The van der Waals surface area contributed by atoms with Crippen molar-refractivity contribution in [1.82, 2.24) is 0 Å². The maximum Gasteiger partial charge on any atom is 0.338 e. The lowest BCUT2D eigenvalue weighted by Crippen LogP contribution is -2.44. The second kappa shape index (κ2) is 8.52. The third kappa shape index (κ3) is 5.82. The zero-order chi connectivity index (χ0) is 18.4. The predicted molar refractivity (Wildman–Crippen MR) is 103 cm³/mol. The summed E-state index contributed by atoms with van der Waals surface area (Å²) in [4.78, 5) is 12.1. The monoisotopic (exact) mass is 348 g/mol. The van der Waals surface area contributed by atoms with Crippen LogP contribution in [0.25, 0.3) is 0 Å². The molecular weight excluding hydrogens is 316 g/mol. The van der Waals surface area contributed by atoms with Gasteiger partial charge in [-0.05, 0) is 68.1 Å². The van der Waals surface area contributed by atoms with Crippen LogP contribution in [0.3, 0.4) is 0 Å². The third-order valence-electron chi connectivity index (χ3n) is 4.62. The van der Waals surface area contributed by atoms with Gasteiger partial charge in [-0.15, -0.1) is 6.58 Å². The van der Waals surface area contributed by atoms with E-state index in [0.29, 0.717) is 12.2 Å². The topological polar surface area (TPSA) is 35.5 Å². The van der Waals surface area contributed by atoms with Gasteiger partial charge in [-0.2, -0.15) is 0 Å². The quantitative estimate of drug-likeness (QED) is 0.254. The lowest BCUT2D eigenvalue weighted by Gasteiger charge is -2.37. The Labute approximate surface area is 148 Å². The summed E-state index contributed by atoms with van der Waals surface area (Å²) in [5.74, 6) is 0.597. The first kappa shape index (κ1) is 20.5. The molecule has 0 aliphatic rings. The van der Waals surface area contributed by atoms with Gasteiger partial charge in [-0.3, -0.25) is 0 Å². The molecule has 0 saturated heterocycles. The Morgan fingerprint density at radius 2 is 1.92 bits per heavy atom. The number of hydrogen-bond acceptors (Lipinski definition) is 3. The van der Waals surface area contributed by atoms with E-state index in [2.05, 4.69) is 40.4 Å². The van der Waals surface area contributed by atoms with Crippen LogP contribution in [0.1, 0.15) is 56.0 Å². The number of carbonyl (C=O) groups excluding carboxylic acids is 1. The summed E-state index contributed by atoms with van der Waals surface area (Å²) in [7, 11) is -1.88. The predicted octanol–water partition coefficient (Wildman–Crippen LogP) is 5.89. The van der Waals surface area contributed by atoms with Crippen LogP contribution in [0.5, 0.6) is 5.75 Å². The second-order valence-electron chi connectivity index (χ2n) is 7.76. The third-order valence-corrected chi connectivity index (χ3v) is 8.96. The Balaban J connectivity index is 2.70. The van der Waals surface area contributed by atoms with Crippen LogP contribution in [0.15, 0.2) is 30.9 Å². The van der Waals surface area contributed by atoms with Crippen molar-refractivity contribution in [2.45, 2.75) is 65.1 Å². The van der Waals surface area contributed by atoms with Crippen molar-refractivity contribution < 1.29 is 14.0 Å². The van der Waals surface area contributed by atoms with Crippen LogP contribution in [-0.4, -0.2) is 20.9 Å². The van der Waals surface area contributed by atoms with E-state index in [9.17, 15) is 4.79 Å². The van der Waals surface area contributed by atoms with Gasteiger partial charge in [-0.1, -0.05) is 26.8 Å². The molecule has 134 valence electrons. The minimum absolute atomic E-state index is 0.141. The number of carbonyl (C=O) groups is 1. The fourth-order valence-corrected chi connectivity index (χ4v) is 3.04. The second-order valence-corrected chi connectivity index (χ2v) is 12.5. The Kier molecular flexibility index (Phi) is 7.27. The van der Waals surface area contributed by atoms with Gasteiger partial charge in [0.1, 0.15) is 5.75 Å². The number of ether oxygens (including phenoxy) is 1. The smallest absolute Gasteiger partial charge is 0.338 e. The van der Waals surface area contributed by atoms with Gasteiger partial charge in [-0.25, -0.2) is 4.79 Å². The fraction of sp³-hybridized carbons (Fsp3) is 0.550. The highest BCUT2D eigenvalue weighted by Gasteiger charge is 2.39. The molecule has 0 atom stereocenters. The standard InChI is InChI=1S/C20H32O3Si/c1-8-9-10-11-14-22-19(21)17-12-13-18(16(2)15-17)23-24(6,7)20(3,4)5/h8,12-13,15H,1,9-11,14H2,2-7H3. The molecule has 0 aromatic heterocycles. The number of rotatable bonds is 8. The van der Waals surface area contributed by atoms with E-state index in [1.54, 1.807) is 6.07 Å². The number of benzene rings is 1. The van der Waals surface area contributed by atoms with Crippen LogP contribution >= 0.6 is 0 Å².